The van der Waals surface area contributed by atoms with Gasteiger partial charge in [0.1, 0.15) is 11.6 Å². The topological polar surface area (TPSA) is 41.5 Å². The van der Waals surface area contributed by atoms with Gasteiger partial charge < -0.3 is 15.2 Å². The molecule has 0 saturated carbocycles. The van der Waals surface area contributed by atoms with Crippen LogP contribution in [-0.4, -0.2) is 24.9 Å². The second-order valence-corrected chi connectivity index (χ2v) is 5.12. The summed E-state index contributed by atoms with van der Waals surface area (Å²) in [4.78, 5) is 0. The Morgan fingerprint density at radius 3 is 2.68 bits per heavy atom. The molecule has 2 aromatic carbocycles. The van der Waals surface area contributed by atoms with Crippen LogP contribution in [0.5, 0.6) is 5.75 Å². The summed E-state index contributed by atoms with van der Waals surface area (Å²) >= 11 is 0. The molecule has 0 aliphatic rings. The standard InChI is InChI=1S/C18H21FNO2/c1-22-18-4-2-3-15(11-18)12-20-13-17(21)10-7-14-5-8-16(19)9-6-14/h2-6,8-11,17,20-21H,7,12-13H2,1H3/t17-/m1/s1. The van der Waals surface area contributed by atoms with Crippen molar-refractivity contribution in [2.75, 3.05) is 13.7 Å². The molecule has 117 valence electrons. The molecular weight excluding hydrogens is 281 g/mol. The van der Waals surface area contributed by atoms with Gasteiger partial charge in [-0.15, -0.1) is 0 Å². The van der Waals surface area contributed by atoms with Gasteiger partial charge in [-0.25, -0.2) is 4.39 Å². The van der Waals surface area contributed by atoms with Crippen LogP contribution in [0.4, 0.5) is 4.39 Å². The maximum absolute atomic E-state index is 12.8. The van der Waals surface area contributed by atoms with Crippen molar-refractivity contribution >= 4 is 0 Å². The molecule has 0 aromatic heterocycles. The highest BCUT2D eigenvalue weighted by atomic mass is 19.1. The van der Waals surface area contributed by atoms with E-state index in [0.717, 1.165) is 16.9 Å². The fraction of sp³-hybridized carbons (Fsp3) is 0.278. The monoisotopic (exact) mass is 302 g/mol. The van der Waals surface area contributed by atoms with Gasteiger partial charge >= 0.3 is 0 Å². The van der Waals surface area contributed by atoms with Crippen LogP contribution in [0.3, 0.4) is 0 Å². The van der Waals surface area contributed by atoms with Crippen LogP contribution in [-0.2, 0) is 13.0 Å². The third kappa shape index (κ3) is 5.47. The van der Waals surface area contributed by atoms with Crippen LogP contribution in [0, 0.1) is 12.2 Å². The molecule has 0 bridgehead atoms. The lowest BCUT2D eigenvalue weighted by Gasteiger charge is -2.12. The number of aliphatic hydroxyl groups is 1. The molecule has 2 aromatic rings. The number of ether oxygens (including phenoxy) is 1. The van der Waals surface area contributed by atoms with E-state index in [1.807, 2.05) is 30.7 Å². The molecule has 0 aliphatic carbocycles. The number of hydrogen-bond acceptors (Lipinski definition) is 3. The highest BCUT2D eigenvalue weighted by Crippen LogP contribution is 2.12. The number of benzene rings is 2. The lowest BCUT2D eigenvalue weighted by Crippen LogP contribution is -2.27. The minimum atomic E-state index is -0.546. The summed E-state index contributed by atoms with van der Waals surface area (Å²) in [6.07, 6.45) is 1.88. The SMILES string of the molecule is COc1cccc(CNC[C@H](O)[CH]Cc2ccc(F)cc2)c1. The Labute approximate surface area is 130 Å². The van der Waals surface area contributed by atoms with E-state index in [1.165, 1.54) is 12.1 Å². The summed E-state index contributed by atoms with van der Waals surface area (Å²) < 4.78 is 18.0. The van der Waals surface area contributed by atoms with E-state index in [-0.39, 0.29) is 5.82 Å². The first-order valence-electron chi connectivity index (χ1n) is 7.27. The summed E-state index contributed by atoms with van der Waals surface area (Å²) in [6, 6.07) is 14.1. The zero-order valence-corrected chi connectivity index (χ0v) is 12.6. The number of aliphatic hydroxyl groups excluding tert-OH is 1. The Balaban J connectivity index is 1.69. The Morgan fingerprint density at radius 1 is 1.18 bits per heavy atom. The average molecular weight is 302 g/mol. The van der Waals surface area contributed by atoms with Gasteiger partial charge in [0.2, 0.25) is 0 Å². The van der Waals surface area contributed by atoms with E-state index >= 15 is 0 Å². The second-order valence-electron chi connectivity index (χ2n) is 5.12. The number of hydrogen-bond donors (Lipinski definition) is 2. The molecule has 0 aliphatic heterocycles. The van der Waals surface area contributed by atoms with Gasteiger partial charge in [0.15, 0.2) is 0 Å². The molecule has 0 amide bonds. The molecule has 4 heteroatoms. The lowest BCUT2D eigenvalue weighted by atomic mass is 10.1. The fourth-order valence-electron chi connectivity index (χ4n) is 2.12. The van der Waals surface area contributed by atoms with Crippen molar-refractivity contribution in [2.45, 2.75) is 19.1 Å². The third-order valence-corrected chi connectivity index (χ3v) is 3.36. The molecule has 0 unspecified atom stereocenters. The molecular formula is C18H21FNO2. The van der Waals surface area contributed by atoms with Crippen LogP contribution in [0.25, 0.3) is 0 Å². The minimum Gasteiger partial charge on any atom is -0.497 e. The lowest BCUT2D eigenvalue weighted by molar-refractivity contribution is 0.200. The highest BCUT2D eigenvalue weighted by molar-refractivity contribution is 5.28. The van der Waals surface area contributed by atoms with E-state index < -0.39 is 6.10 Å². The zero-order valence-electron chi connectivity index (χ0n) is 12.6. The van der Waals surface area contributed by atoms with Crippen molar-refractivity contribution in [3.63, 3.8) is 0 Å². The molecule has 0 saturated heterocycles. The maximum Gasteiger partial charge on any atom is 0.123 e. The van der Waals surface area contributed by atoms with E-state index in [9.17, 15) is 9.50 Å². The third-order valence-electron chi connectivity index (χ3n) is 3.36. The van der Waals surface area contributed by atoms with E-state index in [0.29, 0.717) is 19.5 Å². The Hall–Kier alpha value is -1.91. The summed E-state index contributed by atoms with van der Waals surface area (Å²) in [5.74, 6) is 0.576. The highest BCUT2D eigenvalue weighted by Gasteiger charge is 2.05. The fourth-order valence-corrected chi connectivity index (χ4v) is 2.12. The van der Waals surface area contributed by atoms with E-state index in [1.54, 1.807) is 19.2 Å². The first kappa shape index (κ1) is 16.5. The normalized spacial score (nSPS) is 12.1. The molecule has 3 nitrogen and oxygen atoms in total. The zero-order chi connectivity index (χ0) is 15.8. The van der Waals surface area contributed by atoms with Crippen LogP contribution in [0.15, 0.2) is 48.5 Å². The summed E-state index contributed by atoms with van der Waals surface area (Å²) in [6.45, 7) is 1.14. The molecule has 0 fully saturated rings. The van der Waals surface area contributed by atoms with Gasteiger partial charge in [-0.1, -0.05) is 24.3 Å². The van der Waals surface area contributed by atoms with Crippen LogP contribution >= 0.6 is 0 Å². The van der Waals surface area contributed by atoms with E-state index in [2.05, 4.69) is 5.32 Å². The van der Waals surface area contributed by atoms with Gasteiger partial charge in [-0.2, -0.15) is 0 Å². The van der Waals surface area contributed by atoms with Gasteiger partial charge in [0.25, 0.3) is 0 Å². The molecule has 22 heavy (non-hydrogen) atoms. The second kappa shape index (κ2) is 8.51. The Kier molecular flexibility index (Phi) is 6.37. The Bertz CT molecular complexity index is 572. The van der Waals surface area contributed by atoms with Gasteiger partial charge in [-0.3, -0.25) is 0 Å². The maximum atomic E-state index is 12.8. The first-order valence-corrected chi connectivity index (χ1v) is 7.27. The molecule has 0 spiro atoms. The number of methoxy groups -OCH3 is 1. The summed E-state index contributed by atoms with van der Waals surface area (Å²) in [5.41, 5.74) is 2.08. The predicted octanol–water partition coefficient (Wildman–Crippen LogP) is 2.73. The molecule has 2 rings (SSSR count). The van der Waals surface area contributed by atoms with Crippen molar-refractivity contribution in [3.8, 4) is 5.75 Å². The van der Waals surface area contributed by atoms with E-state index in [4.69, 9.17) is 4.74 Å². The Morgan fingerprint density at radius 2 is 1.95 bits per heavy atom. The predicted molar refractivity (Wildman–Crippen MR) is 85.1 cm³/mol. The number of halogens is 1. The molecule has 0 heterocycles. The molecule has 2 N–H and O–H groups in total. The quantitative estimate of drug-likeness (QED) is 0.788. The van der Waals surface area contributed by atoms with Gasteiger partial charge in [-0.05, 0) is 48.2 Å². The largest absolute Gasteiger partial charge is 0.497 e. The van der Waals surface area contributed by atoms with Crippen LogP contribution < -0.4 is 10.1 Å². The van der Waals surface area contributed by atoms with Crippen molar-refractivity contribution in [1.82, 2.24) is 5.32 Å². The number of nitrogens with one attached hydrogen (secondary N) is 1. The summed E-state index contributed by atoms with van der Waals surface area (Å²) in [7, 11) is 1.64. The molecule has 1 radical (unpaired) electrons. The first-order chi connectivity index (χ1) is 10.7. The van der Waals surface area contributed by atoms with Crippen molar-refractivity contribution in [1.29, 1.82) is 0 Å². The summed E-state index contributed by atoms with van der Waals surface area (Å²) in [5, 5.41) is 13.1. The van der Waals surface area contributed by atoms with Gasteiger partial charge in [0.05, 0.1) is 13.2 Å². The van der Waals surface area contributed by atoms with Gasteiger partial charge in [0, 0.05) is 13.1 Å². The van der Waals surface area contributed by atoms with Crippen LogP contribution in [0.1, 0.15) is 11.1 Å². The van der Waals surface area contributed by atoms with Crippen molar-refractivity contribution in [3.05, 3.63) is 71.9 Å². The molecule has 1 atom stereocenters. The van der Waals surface area contributed by atoms with Crippen LogP contribution in [0.2, 0.25) is 0 Å². The van der Waals surface area contributed by atoms with Crippen molar-refractivity contribution in [2.24, 2.45) is 0 Å². The smallest absolute Gasteiger partial charge is 0.123 e. The van der Waals surface area contributed by atoms with Crippen molar-refractivity contribution < 1.29 is 14.2 Å². The average Bonchev–Trinajstić information content (AvgIpc) is 2.54. The minimum absolute atomic E-state index is 0.246. The number of rotatable bonds is 8.